The highest BCUT2D eigenvalue weighted by Gasteiger charge is 2.31. The van der Waals surface area contributed by atoms with Crippen molar-refractivity contribution in [2.45, 2.75) is 23.7 Å². The Morgan fingerprint density at radius 3 is 2.45 bits per heavy atom. The number of fused-ring (bicyclic) bond motifs is 1. The van der Waals surface area contributed by atoms with E-state index in [1.54, 1.807) is 18.2 Å². The molecule has 3 aromatic rings. The molecule has 3 rings (SSSR count). The first kappa shape index (κ1) is 22.4. The van der Waals surface area contributed by atoms with E-state index in [-0.39, 0.29) is 34.5 Å². The molecular formula is C19H17F3N4O4S. The molecule has 2 aromatic carbocycles. The standard InChI is InChI=1S/C19H17F3N4O4S/c20-19(21,22)13-6-7-15-16(8-10-23-17(15)12-13)25-18(26(27)28)9-11-24-31(29,30)14-4-2-1-3-5-14/h1-8,10,12,18,24H,9,11H2,(H,23,25). The Hall–Kier alpha value is -3.25. The number of aromatic nitrogens is 1. The van der Waals surface area contributed by atoms with Crippen LogP contribution in [0.25, 0.3) is 10.9 Å². The van der Waals surface area contributed by atoms with Crippen LogP contribution in [-0.4, -0.2) is 31.0 Å². The third-order valence-electron chi connectivity index (χ3n) is 4.41. The van der Waals surface area contributed by atoms with Crippen LogP contribution in [0.4, 0.5) is 18.9 Å². The van der Waals surface area contributed by atoms with Crippen LogP contribution in [0.15, 0.2) is 65.7 Å². The van der Waals surface area contributed by atoms with Gasteiger partial charge in [-0.15, -0.1) is 0 Å². The number of benzene rings is 2. The summed E-state index contributed by atoms with van der Waals surface area (Å²) >= 11 is 0. The maximum atomic E-state index is 12.9. The first-order valence-electron chi connectivity index (χ1n) is 8.98. The fourth-order valence-electron chi connectivity index (χ4n) is 2.87. The predicted molar refractivity (Wildman–Crippen MR) is 107 cm³/mol. The number of pyridine rings is 1. The minimum absolute atomic E-state index is 0.0201. The van der Waals surface area contributed by atoms with Gasteiger partial charge in [0, 0.05) is 29.5 Å². The molecule has 8 nitrogen and oxygen atoms in total. The van der Waals surface area contributed by atoms with E-state index >= 15 is 0 Å². The molecule has 1 aromatic heterocycles. The molecule has 0 saturated heterocycles. The van der Waals surface area contributed by atoms with E-state index < -0.39 is 32.9 Å². The molecular weight excluding hydrogens is 437 g/mol. The topological polar surface area (TPSA) is 114 Å². The smallest absolute Gasteiger partial charge is 0.323 e. The number of anilines is 1. The zero-order valence-corrected chi connectivity index (χ0v) is 16.7. The second-order valence-corrected chi connectivity index (χ2v) is 8.30. The average Bonchev–Trinajstić information content (AvgIpc) is 2.72. The first-order chi connectivity index (χ1) is 14.6. The van der Waals surface area contributed by atoms with Gasteiger partial charge in [-0.3, -0.25) is 15.1 Å². The molecule has 0 amide bonds. The van der Waals surface area contributed by atoms with Crippen molar-refractivity contribution in [1.29, 1.82) is 0 Å². The SMILES string of the molecule is O=[N+]([O-])C(CCNS(=O)(=O)c1ccccc1)Nc1ccnc2cc(C(F)(F)F)ccc12. The molecule has 0 radical (unpaired) electrons. The summed E-state index contributed by atoms with van der Waals surface area (Å²) < 4.78 is 65.5. The summed E-state index contributed by atoms with van der Waals surface area (Å²) in [5.41, 5.74) is -0.649. The van der Waals surface area contributed by atoms with Crippen molar-refractivity contribution in [3.63, 3.8) is 0 Å². The maximum absolute atomic E-state index is 12.9. The van der Waals surface area contributed by atoms with E-state index in [1.165, 1.54) is 30.5 Å². The molecule has 164 valence electrons. The van der Waals surface area contributed by atoms with Gasteiger partial charge in [0.05, 0.1) is 21.7 Å². The summed E-state index contributed by atoms with van der Waals surface area (Å²) in [5, 5.41) is 14.4. The van der Waals surface area contributed by atoms with E-state index in [0.29, 0.717) is 0 Å². The minimum atomic E-state index is -4.54. The summed E-state index contributed by atoms with van der Waals surface area (Å²) in [5.74, 6) is 0. The van der Waals surface area contributed by atoms with Gasteiger partial charge in [0.1, 0.15) is 0 Å². The van der Waals surface area contributed by atoms with Crippen molar-refractivity contribution >= 4 is 26.6 Å². The molecule has 12 heteroatoms. The van der Waals surface area contributed by atoms with Crippen LogP contribution in [-0.2, 0) is 16.2 Å². The van der Waals surface area contributed by atoms with Gasteiger partial charge in [-0.05, 0) is 30.3 Å². The molecule has 1 heterocycles. The Morgan fingerprint density at radius 1 is 1.10 bits per heavy atom. The van der Waals surface area contributed by atoms with Gasteiger partial charge < -0.3 is 5.32 Å². The van der Waals surface area contributed by atoms with Crippen LogP contribution in [0.1, 0.15) is 12.0 Å². The molecule has 0 saturated carbocycles. The zero-order chi connectivity index (χ0) is 22.6. The van der Waals surface area contributed by atoms with Gasteiger partial charge in [0.2, 0.25) is 10.0 Å². The molecule has 0 fully saturated rings. The number of nitrogens with zero attached hydrogens (tertiary/aromatic N) is 2. The fraction of sp³-hybridized carbons (Fsp3) is 0.211. The zero-order valence-electron chi connectivity index (χ0n) is 15.8. The molecule has 0 aliphatic rings. The van der Waals surface area contributed by atoms with E-state index in [0.717, 1.165) is 12.1 Å². The van der Waals surface area contributed by atoms with E-state index in [1.807, 2.05) is 0 Å². The number of hydrogen-bond acceptors (Lipinski definition) is 6. The molecule has 1 atom stereocenters. The first-order valence-corrected chi connectivity index (χ1v) is 10.5. The molecule has 2 N–H and O–H groups in total. The summed E-state index contributed by atoms with van der Waals surface area (Å²) in [6.07, 6.45) is -4.89. The Labute approximate surface area is 175 Å². The van der Waals surface area contributed by atoms with Crippen LogP contribution in [0.3, 0.4) is 0 Å². The van der Waals surface area contributed by atoms with E-state index in [2.05, 4.69) is 15.0 Å². The number of nitrogens with one attached hydrogen (secondary N) is 2. The molecule has 0 bridgehead atoms. The second kappa shape index (κ2) is 8.86. The van der Waals surface area contributed by atoms with Crippen molar-refractivity contribution in [2.24, 2.45) is 0 Å². The van der Waals surface area contributed by atoms with E-state index in [9.17, 15) is 31.7 Å². The molecule has 0 aliphatic heterocycles. The summed E-state index contributed by atoms with van der Waals surface area (Å²) in [4.78, 5) is 14.7. The quantitative estimate of drug-likeness (QED) is 0.305. The normalized spacial score (nSPS) is 13.1. The molecule has 1 unspecified atom stereocenters. The number of halogens is 3. The highest BCUT2D eigenvalue weighted by molar-refractivity contribution is 7.89. The summed E-state index contributed by atoms with van der Waals surface area (Å²) in [7, 11) is -3.82. The van der Waals surface area contributed by atoms with Crippen molar-refractivity contribution in [1.82, 2.24) is 9.71 Å². The van der Waals surface area contributed by atoms with Crippen molar-refractivity contribution in [3.05, 3.63) is 76.5 Å². The molecule has 31 heavy (non-hydrogen) atoms. The minimum Gasteiger partial charge on any atom is -0.323 e. The highest BCUT2D eigenvalue weighted by Crippen LogP contribution is 2.32. The lowest BCUT2D eigenvalue weighted by atomic mass is 10.1. The number of rotatable bonds is 8. The van der Waals surface area contributed by atoms with Gasteiger partial charge in [0.15, 0.2) is 0 Å². The van der Waals surface area contributed by atoms with Crippen LogP contribution in [0.5, 0.6) is 0 Å². The maximum Gasteiger partial charge on any atom is 0.416 e. The highest BCUT2D eigenvalue weighted by atomic mass is 32.2. The molecule has 0 aliphatic carbocycles. The third kappa shape index (κ3) is 5.47. The monoisotopic (exact) mass is 454 g/mol. The lowest BCUT2D eigenvalue weighted by Crippen LogP contribution is -2.34. The lowest BCUT2D eigenvalue weighted by Gasteiger charge is -2.15. The number of alkyl halides is 3. The fourth-order valence-corrected chi connectivity index (χ4v) is 3.94. The second-order valence-electron chi connectivity index (χ2n) is 6.53. The summed E-state index contributed by atoms with van der Waals surface area (Å²) in [6.45, 7) is -0.225. The summed E-state index contributed by atoms with van der Waals surface area (Å²) in [6, 6.07) is 11.8. The van der Waals surface area contributed by atoms with Crippen molar-refractivity contribution in [2.75, 3.05) is 11.9 Å². The van der Waals surface area contributed by atoms with E-state index in [4.69, 9.17) is 0 Å². The van der Waals surface area contributed by atoms with Crippen molar-refractivity contribution < 1.29 is 26.5 Å². The van der Waals surface area contributed by atoms with Gasteiger partial charge in [0.25, 0.3) is 6.17 Å². The number of hydrogen-bond donors (Lipinski definition) is 2. The van der Waals surface area contributed by atoms with Crippen molar-refractivity contribution in [3.8, 4) is 0 Å². The Bertz CT molecular complexity index is 1190. The van der Waals surface area contributed by atoms with Gasteiger partial charge in [-0.25, -0.2) is 13.1 Å². The van der Waals surface area contributed by atoms with Crippen LogP contribution in [0, 0.1) is 10.1 Å². The van der Waals surface area contributed by atoms with Crippen LogP contribution in [0.2, 0.25) is 0 Å². The largest absolute Gasteiger partial charge is 0.416 e. The number of nitro groups is 1. The average molecular weight is 454 g/mol. The Balaban J connectivity index is 1.74. The predicted octanol–water partition coefficient (Wildman–Crippen LogP) is 3.64. The van der Waals surface area contributed by atoms with Crippen LogP contribution >= 0.6 is 0 Å². The van der Waals surface area contributed by atoms with Crippen LogP contribution < -0.4 is 10.0 Å². The van der Waals surface area contributed by atoms with Gasteiger partial charge in [-0.2, -0.15) is 13.2 Å². The Kier molecular flexibility index (Phi) is 6.41. The Morgan fingerprint density at radius 2 is 1.81 bits per heavy atom. The third-order valence-corrected chi connectivity index (χ3v) is 5.89. The number of sulfonamides is 1. The van der Waals surface area contributed by atoms with Gasteiger partial charge >= 0.3 is 6.18 Å². The molecule has 0 spiro atoms. The lowest BCUT2D eigenvalue weighted by molar-refractivity contribution is -0.515. The van der Waals surface area contributed by atoms with Gasteiger partial charge in [-0.1, -0.05) is 24.3 Å².